The molecule has 1 N–H and O–H groups in total. The van der Waals surface area contributed by atoms with E-state index in [0.29, 0.717) is 19.1 Å². The average molecular weight is 346 g/mol. The molecule has 4 atom stereocenters. The van der Waals surface area contributed by atoms with Gasteiger partial charge in [0.05, 0.1) is 5.92 Å². The number of hydrogen-bond acceptors (Lipinski definition) is 6. The van der Waals surface area contributed by atoms with E-state index in [9.17, 15) is 19.5 Å². The molecule has 0 aromatic rings. The number of fused-ring (bicyclic) bond motifs is 1. The molecule has 0 aromatic carbocycles. The Morgan fingerprint density at radius 3 is 2.76 bits per heavy atom. The number of carbonyl (C=O) groups excluding carboxylic acids is 3. The van der Waals surface area contributed by atoms with Gasteiger partial charge in [-0.2, -0.15) is 0 Å². The van der Waals surface area contributed by atoms with Gasteiger partial charge in [0.15, 0.2) is 0 Å². The molecule has 0 saturated carbocycles. The Balaban J connectivity index is 2.52. The van der Waals surface area contributed by atoms with Gasteiger partial charge in [0.2, 0.25) is 0 Å². The van der Waals surface area contributed by atoms with E-state index in [1.807, 2.05) is 6.92 Å². The van der Waals surface area contributed by atoms with E-state index >= 15 is 0 Å². The summed E-state index contributed by atoms with van der Waals surface area (Å²) in [6, 6.07) is 0. The summed E-state index contributed by atoms with van der Waals surface area (Å²) < 4.78 is 10.7. The first-order chi connectivity index (χ1) is 11.8. The highest BCUT2D eigenvalue weighted by Gasteiger charge is 2.47. The van der Waals surface area contributed by atoms with Crippen molar-refractivity contribution in [2.75, 3.05) is 0 Å². The van der Waals surface area contributed by atoms with Crippen LogP contribution in [0.15, 0.2) is 47.6 Å². The van der Waals surface area contributed by atoms with Crippen LogP contribution in [0.4, 0.5) is 0 Å². The molecule has 0 aromatic heterocycles. The lowest BCUT2D eigenvalue weighted by molar-refractivity contribution is -0.153. The highest BCUT2D eigenvalue weighted by Crippen LogP contribution is 2.36. The maximum absolute atomic E-state index is 12.0. The highest BCUT2D eigenvalue weighted by molar-refractivity contribution is 5.92. The molecule has 6 heteroatoms. The third-order valence-electron chi connectivity index (χ3n) is 4.36. The van der Waals surface area contributed by atoms with Gasteiger partial charge in [0.1, 0.15) is 24.6 Å². The van der Waals surface area contributed by atoms with Gasteiger partial charge >= 0.3 is 11.9 Å². The van der Waals surface area contributed by atoms with E-state index < -0.39 is 36.2 Å². The number of aldehydes is 1. The molecule has 2 rings (SSSR count). The fraction of sp³-hybridized carbons (Fsp3) is 0.421. The minimum atomic E-state index is -1.40. The monoisotopic (exact) mass is 346 g/mol. The molecule has 134 valence electrons. The van der Waals surface area contributed by atoms with Gasteiger partial charge in [-0.05, 0) is 32.8 Å². The normalized spacial score (nSPS) is 29.7. The number of aliphatic hydroxyl groups is 1. The van der Waals surface area contributed by atoms with Crippen molar-refractivity contribution in [2.45, 2.75) is 45.0 Å². The van der Waals surface area contributed by atoms with Crippen LogP contribution in [0.3, 0.4) is 0 Å². The van der Waals surface area contributed by atoms with E-state index in [1.165, 1.54) is 6.92 Å². The molecule has 1 aliphatic carbocycles. The van der Waals surface area contributed by atoms with Crippen LogP contribution in [0.25, 0.3) is 0 Å². The van der Waals surface area contributed by atoms with Gasteiger partial charge < -0.3 is 14.6 Å². The third kappa shape index (κ3) is 3.96. The predicted octanol–water partition coefficient (Wildman–Crippen LogP) is 1.80. The van der Waals surface area contributed by atoms with Crippen molar-refractivity contribution in [3.05, 3.63) is 47.6 Å². The van der Waals surface area contributed by atoms with Crippen LogP contribution in [0.2, 0.25) is 0 Å². The number of ether oxygens (including phenoxy) is 2. The number of rotatable bonds is 3. The van der Waals surface area contributed by atoms with Crippen LogP contribution in [-0.2, 0) is 23.9 Å². The predicted molar refractivity (Wildman–Crippen MR) is 90.3 cm³/mol. The number of esters is 2. The van der Waals surface area contributed by atoms with Gasteiger partial charge in [-0.15, -0.1) is 0 Å². The van der Waals surface area contributed by atoms with Gasteiger partial charge in [-0.1, -0.05) is 24.8 Å². The molecule has 1 heterocycles. The Labute approximate surface area is 146 Å². The second-order valence-corrected chi connectivity index (χ2v) is 6.39. The Morgan fingerprint density at radius 1 is 1.48 bits per heavy atom. The van der Waals surface area contributed by atoms with E-state index in [0.717, 1.165) is 5.57 Å². The van der Waals surface area contributed by atoms with Crippen molar-refractivity contribution in [3.8, 4) is 0 Å². The number of carbonyl (C=O) groups is 3. The Kier molecular flexibility index (Phi) is 5.74. The molecular weight excluding hydrogens is 324 g/mol. The summed E-state index contributed by atoms with van der Waals surface area (Å²) >= 11 is 0. The van der Waals surface area contributed by atoms with Gasteiger partial charge in [0.25, 0.3) is 0 Å². The average Bonchev–Trinajstić information content (AvgIpc) is 2.82. The lowest BCUT2D eigenvalue weighted by atomic mass is 9.84. The zero-order chi connectivity index (χ0) is 18.7. The fourth-order valence-electron chi connectivity index (χ4n) is 2.95. The molecule has 6 nitrogen and oxygen atoms in total. The standard InChI is InChI=1S/C19H22O6/c1-10(2)18(22)25-17-15-12(4)19(23)24-14(15)8-11(3)6-5-7-13(9-20)16(17)21/h7-9,14-17,21H,1,4-6H2,2-3H3. The minimum absolute atomic E-state index is 0.0958. The van der Waals surface area contributed by atoms with Crippen molar-refractivity contribution >= 4 is 18.2 Å². The van der Waals surface area contributed by atoms with Crippen molar-refractivity contribution in [1.82, 2.24) is 0 Å². The van der Waals surface area contributed by atoms with E-state index in [1.54, 1.807) is 12.2 Å². The maximum atomic E-state index is 12.0. The van der Waals surface area contributed by atoms with E-state index in [4.69, 9.17) is 9.47 Å². The van der Waals surface area contributed by atoms with Crippen molar-refractivity contribution in [3.63, 3.8) is 0 Å². The first kappa shape index (κ1) is 18.9. The summed E-state index contributed by atoms with van der Waals surface area (Å²) in [7, 11) is 0. The van der Waals surface area contributed by atoms with Crippen molar-refractivity contribution in [2.24, 2.45) is 5.92 Å². The van der Waals surface area contributed by atoms with Crippen molar-refractivity contribution < 1.29 is 29.0 Å². The molecule has 1 fully saturated rings. The summed E-state index contributed by atoms with van der Waals surface area (Å²) in [5.41, 5.74) is 1.29. The molecule has 0 radical (unpaired) electrons. The molecule has 25 heavy (non-hydrogen) atoms. The van der Waals surface area contributed by atoms with Crippen molar-refractivity contribution in [1.29, 1.82) is 0 Å². The SMILES string of the molecule is C=C(C)C(=O)OC1C(O)C(C=O)=CCCC(C)=CC2OC(=O)C(=C)C21. The van der Waals surface area contributed by atoms with Crippen LogP contribution in [0.5, 0.6) is 0 Å². The van der Waals surface area contributed by atoms with Gasteiger partial charge in [0, 0.05) is 16.7 Å². The third-order valence-corrected chi connectivity index (χ3v) is 4.36. The molecule has 1 saturated heterocycles. The summed E-state index contributed by atoms with van der Waals surface area (Å²) in [6.45, 7) is 10.6. The smallest absolute Gasteiger partial charge is 0.334 e. The Hall–Kier alpha value is -2.47. The molecule has 1 aliphatic heterocycles. The lowest BCUT2D eigenvalue weighted by Gasteiger charge is -2.30. The molecule has 4 unspecified atom stereocenters. The second-order valence-electron chi connectivity index (χ2n) is 6.39. The van der Waals surface area contributed by atoms with Crippen LogP contribution in [0, 0.1) is 5.92 Å². The van der Waals surface area contributed by atoms with Crippen LogP contribution in [0.1, 0.15) is 26.7 Å². The summed E-state index contributed by atoms with van der Waals surface area (Å²) in [5.74, 6) is -2.13. The summed E-state index contributed by atoms with van der Waals surface area (Å²) in [5, 5.41) is 10.7. The molecule has 2 aliphatic rings. The largest absolute Gasteiger partial charge is 0.455 e. The molecular formula is C19H22O6. The fourth-order valence-corrected chi connectivity index (χ4v) is 2.95. The first-order valence-corrected chi connectivity index (χ1v) is 8.03. The Bertz CT molecular complexity index is 684. The number of hydrogen-bond donors (Lipinski definition) is 1. The first-order valence-electron chi connectivity index (χ1n) is 8.03. The van der Waals surface area contributed by atoms with Crippen LogP contribution >= 0.6 is 0 Å². The second kappa shape index (κ2) is 7.61. The molecule has 0 spiro atoms. The van der Waals surface area contributed by atoms with Crippen LogP contribution < -0.4 is 0 Å². The Morgan fingerprint density at radius 2 is 2.16 bits per heavy atom. The number of aliphatic hydroxyl groups excluding tert-OH is 1. The lowest BCUT2D eigenvalue weighted by Crippen LogP contribution is -2.43. The molecule has 0 bridgehead atoms. The highest BCUT2D eigenvalue weighted by atomic mass is 16.6. The zero-order valence-electron chi connectivity index (χ0n) is 14.4. The number of allylic oxidation sites excluding steroid dienone is 2. The van der Waals surface area contributed by atoms with Crippen LogP contribution in [-0.4, -0.2) is 41.6 Å². The quantitative estimate of drug-likeness (QED) is 0.363. The summed E-state index contributed by atoms with van der Waals surface area (Å²) in [6.07, 6.45) is 1.78. The van der Waals surface area contributed by atoms with Gasteiger partial charge in [-0.25, -0.2) is 9.59 Å². The molecule has 0 amide bonds. The minimum Gasteiger partial charge on any atom is -0.455 e. The summed E-state index contributed by atoms with van der Waals surface area (Å²) in [4.78, 5) is 35.4. The van der Waals surface area contributed by atoms with E-state index in [-0.39, 0.29) is 16.7 Å². The van der Waals surface area contributed by atoms with E-state index in [2.05, 4.69) is 13.2 Å². The zero-order valence-corrected chi connectivity index (χ0v) is 14.4. The van der Waals surface area contributed by atoms with Gasteiger partial charge in [-0.3, -0.25) is 4.79 Å². The topological polar surface area (TPSA) is 89.9 Å². The maximum Gasteiger partial charge on any atom is 0.334 e.